The van der Waals surface area contributed by atoms with Gasteiger partial charge in [0.05, 0.1) is 18.5 Å². The lowest BCUT2D eigenvalue weighted by atomic mass is 10.4. The van der Waals surface area contributed by atoms with Gasteiger partial charge >= 0.3 is 6.09 Å². The summed E-state index contributed by atoms with van der Waals surface area (Å²) in [5, 5.41) is 0. The van der Waals surface area contributed by atoms with Crippen molar-refractivity contribution in [2.45, 2.75) is 13.8 Å². The van der Waals surface area contributed by atoms with E-state index in [2.05, 4.69) is 4.98 Å². The normalized spacial score (nSPS) is 9.73. The highest BCUT2D eigenvalue weighted by Crippen LogP contribution is 2.12. The molecule has 1 heterocycles. The molecular weight excluding hydrogens is 194 g/mol. The fourth-order valence-electron chi connectivity index (χ4n) is 1.14. The maximum Gasteiger partial charge on any atom is 0.415 e. The van der Waals surface area contributed by atoms with E-state index in [1.54, 1.807) is 19.1 Å². The highest BCUT2D eigenvalue weighted by atomic mass is 16.6. The third-order valence-electron chi connectivity index (χ3n) is 1.85. The van der Waals surface area contributed by atoms with Crippen molar-refractivity contribution in [3.05, 3.63) is 18.3 Å². The summed E-state index contributed by atoms with van der Waals surface area (Å²) in [5.74, 6) is 0.546. The van der Waals surface area contributed by atoms with Gasteiger partial charge in [-0.1, -0.05) is 0 Å². The van der Waals surface area contributed by atoms with Crippen LogP contribution in [0.5, 0.6) is 0 Å². The first-order valence-electron chi connectivity index (χ1n) is 4.84. The number of hydrogen-bond acceptors (Lipinski definition) is 4. The van der Waals surface area contributed by atoms with E-state index in [4.69, 9.17) is 10.5 Å². The Morgan fingerprint density at radius 1 is 1.53 bits per heavy atom. The minimum Gasteiger partial charge on any atom is -0.449 e. The smallest absolute Gasteiger partial charge is 0.415 e. The molecule has 0 aromatic carbocycles. The summed E-state index contributed by atoms with van der Waals surface area (Å²) < 4.78 is 4.90. The Balaban J connectivity index is 2.82. The molecule has 1 amide bonds. The van der Waals surface area contributed by atoms with Crippen LogP contribution in [0.15, 0.2) is 18.3 Å². The number of rotatable bonds is 3. The second-order valence-electron chi connectivity index (χ2n) is 2.89. The number of pyridine rings is 1. The maximum absolute atomic E-state index is 11.5. The van der Waals surface area contributed by atoms with Crippen LogP contribution < -0.4 is 10.6 Å². The fourth-order valence-corrected chi connectivity index (χ4v) is 1.14. The van der Waals surface area contributed by atoms with E-state index < -0.39 is 6.09 Å². The summed E-state index contributed by atoms with van der Waals surface area (Å²) >= 11 is 0. The van der Waals surface area contributed by atoms with Gasteiger partial charge in [-0.05, 0) is 26.0 Å². The molecule has 2 N–H and O–H groups in total. The van der Waals surface area contributed by atoms with Crippen LogP contribution in [-0.2, 0) is 4.74 Å². The summed E-state index contributed by atoms with van der Waals surface area (Å²) in [6, 6.07) is 3.39. The van der Waals surface area contributed by atoms with E-state index in [1.807, 2.05) is 6.92 Å². The van der Waals surface area contributed by atoms with Crippen LogP contribution in [0.3, 0.4) is 0 Å². The van der Waals surface area contributed by atoms with Crippen molar-refractivity contribution in [3.63, 3.8) is 0 Å². The molecule has 1 aromatic rings. The second kappa shape index (κ2) is 5.19. The van der Waals surface area contributed by atoms with E-state index in [0.717, 1.165) is 0 Å². The zero-order chi connectivity index (χ0) is 11.3. The molecule has 0 radical (unpaired) electrons. The van der Waals surface area contributed by atoms with Crippen LogP contribution >= 0.6 is 0 Å². The third-order valence-corrected chi connectivity index (χ3v) is 1.85. The molecule has 5 heteroatoms. The molecule has 0 spiro atoms. The topological polar surface area (TPSA) is 68.5 Å². The summed E-state index contributed by atoms with van der Waals surface area (Å²) in [4.78, 5) is 17.0. The highest BCUT2D eigenvalue weighted by molar-refractivity contribution is 5.86. The van der Waals surface area contributed by atoms with E-state index >= 15 is 0 Å². The molecule has 0 fully saturated rings. The van der Waals surface area contributed by atoms with Gasteiger partial charge in [0.1, 0.15) is 5.82 Å². The summed E-state index contributed by atoms with van der Waals surface area (Å²) in [7, 11) is 0. The Bertz CT molecular complexity index is 324. The number of carbonyl (C=O) groups excluding carboxylic acids is 1. The van der Waals surface area contributed by atoms with Crippen LogP contribution in [0, 0.1) is 0 Å². The van der Waals surface area contributed by atoms with Crippen molar-refractivity contribution >= 4 is 17.6 Å². The maximum atomic E-state index is 11.5. The molecule has 0 bridgehead atoms. The molecule has 0 aliphatic heterocycles. The Morgan fingerprint density at radius 3 is 2.73 bits per heavy atom. The van der Waals surface area contributed by atoms with E-state index in [9.17, 15) is 4.79 Å². The Morgan fingerprint density at radius 2 is 2.27 bits per heavy atom. The minimum atomic E-state index is -0.391. The van der Waals surface area contributed by atoms with Gasteiger partial charge in [-0.15, -0.1) is 0 Å². The predicted molar refractivity (Wildman–Crippen MR) is 58.7 cm³/mol. The van der Waals surface area contributed by atoms with Crippen LogP contribution in [0.25, 0.3) is 0 Å². The first-order chi connectivity index (χ1) is 7.19. The van der Waals surface area contributed by atoms with Gasteiger partial charge in [0.2, 0.25) is 0 Å². The molecule has 1 aromatic heterocycles. The number of amides is 1. The number of aromatic nitrogens is 1. The Kier molecular flexibility index (Phi) is 3.91. The van der Waals surface area contributed by atoms with Gasteiger partial charge < -0.3 is 10.5 Å². The molecule has 15 heavy (non-hydrogen) atoms. The van der Waals surface area contributed by atoms with Gasteiger partial charge in [0.25, 0.3) is 0 Å². The molecular formula is C10H15N3O2. The number of ether oxygens (including phenoxy) is 1. The zero-order valence-corrected chi connectivity index (χ0v) is 8.93. The van der Waals surface area contributed by atoms with Gasteiger partial charge in [-0.25, -0.2) is 9.78 Å². The quantitative estimate of drug-likeness (QED) is 0.821. The van der Waals surface area contributed by atoms with Crippen molar-refractivity contribution in [3.8, 4) is 0 Å². The second-order valence-corrected chi connectivity index (χ2v) is 2.89. The summed E-state index contributed by atoms with van der Waals surface area (Å²) in [6.45, 7) is 4.48. The van der Waals surface area contributed by atoms with Crippen molar-refractivity contribution in [2.24, 2.45) is 0 Å². The lowest BCUT2D eigenvalue weighted by Crippen LogP contribution is -2.31. The van der Waals surface area contributed by atoms with Crippen LogP contribution in [0.1, 0.15) is 13.8 Å². The molecule has 1 rings (SSSR count). The summed E-state index contributed by atoms with van der Waals surface area (Å²) in [5.41, 5.74) is 6.07. The van der Waals surface area contributed by atoms with Crippen LogP contribution in [-0.4, -0.2) is 24.2 Å². The van der Waals surface area contributed by atoms with Crippen molar-refractivity contribution in [1.29, 1.82) is 0 Å². The lowest BCUT2D eigenvalue weighted by Gasteiger charge is -2.18. The average molecular weight is 209 g/mol. The average Bonchev–Trinajstić information content (AvgIpc) is 2.22. The fraction of sp³-hybridized carbons (Fsp3) is 0.400. The zero-order valence-electron chi connectivity index (χ0n) is 8.93. The first kappa shape index (κ1) is 11.3. The van der Waals surface area contributed by atoms with Crippen molar-refractivity contribution in [1.82, 2.24) is 4.98 Å². The van der Waals surface area contributed by atoms with Crippen molar-refractivity contribution in [2.75, 3.05) is 23.8 Å². The monoisotopic (exact) mass is 209 g/mol. The molecule has 0 atom stereocenters. The number of nitrogens with two attached hydrogens (primary N) is 1. The number of nitrogen functional groups attached to an aromatic ring is 1. The van der Waals surface area contributed by atoms with E-state index in [-0.39, 0.29) is 0 Å². The predicted octanol–water partition coefficient (Wildman–Crippen LogP) is 1.65. The molecule has 0 saturated carbocycles. The molecule has 0 aliphatic carbocycles. The van der Waals surface area contributed by atoms with E-state index in [0.29, 0.717) is 24.7 Å². The van der Waals surface area contributed by atoms with Crippen LogP contribution in [0.4, 0.5) is 16.3 Å². The van der Waals surface area contributed by atoms with E-state index in [1.165, 1.54) is 11.1 Å². The standard InChI is InChI=1S/C10H15N3O2/c1-3-13(10(14)15-4-2)9-6-5-8(11)7-12-9/h5-7H,3-4,11H2,1-2H3. The van der Waals surface area contributed by atoms with Crippen molar-refractivity contribution < 1.29 is 9.53 Å². The Labute approximate surface area is 88.9 Å². The minimum absolute atomic E-state index is 0.351. The molecule has 5 nitrogen and oxygen atoms in total. The summed E-state index contributed by atoms with van der Waals surface area (Å²) in [6.07, 6.45) is 1.12. The molecule has 0 saturated heterocycles. The number of hydrogen-bond donors (Lipinski definition) is 1. The highest BCUT2D eigenvalue weighted by Gasteiger charge is 2.15. The first-order valence-corrected chi connectivity index (χ1v) is 4.84. The SMILES string of the molecule is CCOC(=O)N(CC)c1ccc(N)cn1. The van der Waals surface area contributed by atoms with Gasteiger partial charge in [0, 0.05) is 6.54 Å². The van der Waals surface area contributed by atoms with Gasteiger partial charge in [0.15, 0.2) is 0 Å². The largest absolute Gasteiger partial charge is 0.449 e. The molecule has 0 unspecified atom stereocenters. The lowest BCUT2D eigenvalue weighted by molar-refractivity contribution is 0.160. The number of carbonyl (C=O) groups is 1. The van der Waals surface area contributed by atoms with Gasteiger partial charge in [-0.3, -0.25) is 4.90 Å². The third kappa shape index (κ3) is 2.83. The van der Waals surface area contributed by atoms with Crippen LogP contribution in [0.2, 0.25) is 0 Å². The molecule has 82 valence electrons. The molecule has 0 aliphatic rings. The number of nitrogens with zero attached hydrogens (tertiary/aromatic N) is 2. The number of anilines is 2. The Hall–Kier alpha value is -1.78. The van der Waals surface area contributed by atoms with Gasteiger partial charge in [-0.2, -0.15) is 0 Å².